The first-order valence-electron chi connectivity index (χ1n) is 7.72. The van der Waals surface area contributed by atoms with Gasteiger partial charge in [-0.05, 0) is 40.2 Å². The van der Waals surface area contributed by atoms with Crippen molar-refractivity contribution >= 4 is 6.09 Å². The second-order valence-electron chi connectivity index (χ2n) is 6.86. The van der Waals surface area contributed by atoms with Crippen molar-refractivity contribution in [3.63, 3.8) is 0 Å². The summed E-state index contributed by atoms with van der Waals surface area (Å²) in [5.41, 5.74) is -0.469. The predicted molar refractivity (Wildman–Crippen MR) is 81.3 cm³/mol. The van der Waals surface area contributed by atoms with E-state index in [4.69, 9.17) is 9.26 Å². The first-order chi connectivity index (χ1) is 10.2. The van der Waals surface area contributed by atoms with Gasteiger partial charge >= 0.3 is 6.09 Å². The van der Waals surface area contributed by atoms with Crippen molar-refractivity contribution in [3.05, 3.63) is 11.7 Å². The molecular weight excluding hydrogens is 284 g/mol. The zero-order valence-electron chi connectivity index (χ0n) is 14.1. The third-order valence-electron chi connectivity index (χ3n) is 3.60. The molecular formula is C15H26N4O3. The van der Waals surface area contributed by atoms with Crippen molar-refractivity contribution in [2.75, 3.05) is 20.1 Å². The molecule has 0 N–H and O–H groups in total. The van der Waals surface area contributed by atoms with Gasteiger partial charge in [0.15, 0.2) is 5.82 Å². The zero-order chi connectivity index (χ0) is 16.3. The summed E-state index contributed by atoms with van der Waals surface area (Å²) < 4.78 is 10.4. The van der Waals surface area contributed by atoms with E-state index in [1.165, 1.54) is 0 Å². The van der Waals surface area contributed by atoms with Crippen LogP contribution in [0.3, 0.4) is 0 Å². The van der Waals surface area contributed by atoms with Crippen LogP contribution in [0.4, 0.5) is 4.79 Å². The summed E-state index contributed by atoms with van der Waals surface area (Å²) in [4.78, 5) is 20.3. The van der Waals surface area contributed by atoms with E-state index in [1.54, 1.807) is 18.9 Å². The van der Waals surface area contributed by atoms with Crippen molar-refractivity contribution in [2.24, 2.45) is 0 Å². The van der Waals surface area contributed by atoms with Crippen LogP contribution in [0, 0.1) is 6.92 Å². The minimum absolute atomic E-state index is 0.283. The monoisotopic (exact) mass is 310 g/mol. The number of amides is 1. The molecule has 22 heavy (non-hydrogen) atoms. The Morgan fingerprint density at radius 3 is 2.82 bits per heavy atom. The van der Waals surface area contributed by atoms with Crippen molar-refractivity contribution in [1.82, 2.24) is 19.9 Å². The van der Waals surface area contributed by atoms with Crippen LogP contribution in [0.1, 0.15) is 45.3 Å². The second-order valence-corrected chi connectivity index (χ2v) is 6.86. The number of aryl methyl sites for hydroxylation is 1. The van der Waals surface area contributed by atoms with Gasteiger partial charge in [0.1, 0.15) is 5.60 Å². The van der Waals surface area contributed by atoms with Crippen molar-refractivity contribution < 1.29 is 14.1 Å². The lowest BCUT2D eigenvalue weighted by Gasteiger charge is -2.29. The second kappa shape index (κ2) is 6.64. The van der Waals surface area contributed by atoms with Gasteiger partial charge in [-0.2, -0.15) is 4.98 Å². The molecule has 2 heterocycles. The Bertz CT molecular complexity index is 509. The van der Waals surface area contributed by atoms with Gasteiger partial charge in [0.2, 0.25) is 5.89 Å². The first-order valence-corrected chi connectivity index (χ1v) is 7.72. The van der Waals surface area contributed by atoms with Gasteiger partial charge in [-0.1, -0.05) is 5.16 Å². The van der Waals surface area contributed by atoms with Crippen LogP contribution in [0.2, 0.25) is 0 Å². The molecule has 124 valence electrons. The lowest BCUT2D eigenvalue weighted by atomic mass is 10.2. The molecule has 0 bridgehead atoms. The third-order valence-corrected chi connectivity index (χ3v) is 3.60. The van der Waals surface area contributed by atoms with Crippen LogP contribution in [0.5, 0.6) is 0 Å². The molecule has 1 aromatic rings. The van der Waals surface area contributed by atoms with Gasteiger partial charge < -0.3 is 14.2 Å². The van der Waals surface area contributed by atoms with E-state index in [0.717, 1.165) is 19.4 Å². The molecule has 7 heteroatoms. The highest BCUT2D eigenvalue weighted by molar-refractivity contribution is 5.67. The lowest BCUT2D eigenvalue weighted by Crippen LogP contribution is -2.43. The topological polar surface area (TPSA) is 71.7 Å². The number of ether oxygens (including phenoxy) is 1. The first kappa shape index (κ1) is 16.7. The number of nitrogens with zero attached hydrogens (tertiary/aromatic N) is 4. The average molecular weight is 310 g/mol. The standard InChI is InChI=1S/C15H26N4O3/c1-11-16-13(17-22-11)10-19-8-6-7-12(19)9-18(5)14(20)21-15(2,3)4/h12H,6-10H2,1-5H3/t12-/m1/s1. The molecule has 0 aliphatic carbocycles. The molecule has 0 aromatic carbocycles. The van der Waals surface area contributed by atoms with E-state index in [1.807, 2.05) is 20.8 Å². The van der Waals surface area contributed by atoms with Crippen LogP contribution >= 0.6 is 0 Å². The molecule has 0 radical (unpaired) electrons. The highest BCUT2D eigenvalue weighted by Gasteiger charge is 2.29. The maximum Gasteiger partial charge on any atom is 0.410 e. The summed E-state index contributed by atoms with van der Waals surface area (Å²) in [6.45, 7) is 9.70. The predicted octanol–water partition coefficient (Wildman–Crippen LogP) is 2.21. The molecule has 1 fully saturated rings. The summed E-state index contributed by atoms with van der Waals surface area (Å²) >= 11 is 0. The van der Waals surface area contributed by atoms with Crippen molar-refractivity contribution in [2.45, 2.75) is 58.7 Å². The Morgan fingerprint density at radius 2 is 2.23 bits per heavy atom. The Morgan fingerprint density at radius 1 is 1.50 bits per heavy atom. The van der Waals surface area contributed by atoms with E-state index in [-0.39, 0.29) is 6.09 Å². The Hall–Kier alpha value is -1.63. The fourth-order valence-corrected chi connectivity index (χ4v) is 2.63. The Kier molecular flexibility index (Phi) is 5.05. The summed E-state index contributed by atoms with van der Waals surface area (Å²) in [5, 5.41) is 3.94. The van der Waals surface area contributed by atoms with Gasteiger partial charge in [0, 0.05) is 26.6 Å². The number of carbonyl (C=O) groups is 1. The van der Waals surface area contributed by atoms with Crippen molar-refractivity contribution in [1.29, 1.82) is 0 Å². The normalized spacial score (nSPS) is 19.4. The summed E-state index contributed by atoms with van der Waals surface area (Å²) in [6, 6.07) is 0.302. The van der Waals surface area contributed by atoms with Crippen LogP contribution < -0.4 is 0 Å². The molecule has 1 aliphatic heterocycles. The zero-order valence-corrected chi connectivity index (χ0v) is 14.1. The van der Waals surface area contributed by atoms with Gasteiger partial charge in [-0.25, -0.2) is 4.79 Å². The quantitative estimate of drug-likeness (QED) is 0.849. The third kappa shape index (κ3) is 4.69. The number of likely N-dealkylation sites (tertiary alicyclic amines) is 1. The lowest BCUT2D eigenvalue weighted by molar-refractivity contribution is 0.0255. The fraction of sp³-hybridized carbons (Fsp3) is 0.800. The number of hydrogen-bond donors (Lipinski definition) is 0. The van der Waals surface area contributed by atoms with Crippen LogP contribution in [0.25, 0.3) is 0 Å². The molecule has 1 aliphatic rings. The molecule has 0 saturated carbocycles. The van der Waals surface area contributed by atoms with Gasteiger partial charge in [-0.15, -0.1) is 0 Å². The van der Waals surface area contributed by atoms with E-state index >= 15 is 0 Å². The highest BCUT2D eigenvalue weighted by Crippen LogP contribution is 2.20. The van der Waals surface area contributed by atoms with Gasteiger partial charge in [0.05, 0.1) is 6.54 Å². The fourth-order valence-electron chi connectivity index (χ4n) is 2.63. The minimum Gasteiger partial charge on any atom is -0.444 e. The van der Waals surface area contributed by atoms with Crippen LogP contribution in [0.15, 0.2) is 4.52 Å². The Labute approximate surface area is 131 Å². The summed E-state index contributed by atoms with van der Waals surface area (Å²) in [7, 11) is 1.78. The molecule has 7 nitrogen and oxygen atoms in total. The smallest absolute Gasteiger partial charge is 0.410 e. The number of likely N-dealkylation sites (N-methyl/N-ethyl adjacent to an activating group) is 1. The van der Waals surface area contributed by atoms with E-state index in [9.17, 15) is 4.79 Å². The number of rotatable bonds is 4. The molecule has 1 saturated heterocycles. The number of carbonyl (C=O) groups excluding carboxylic acids is 1. The van der Waals surface area contributed by atoms with Crippen LogP contribution in [-0.4, -0.2) is 57.8 Å². The van der Waals surface area contributed by atoms with E-state index < -0.39 is 5.60 Å². The minimum atomic E-state index is -0.469. The highest BCUT2D eigenvalue weighted by atomic mass is 16.6. The molecule has 0 unspecified atom stereocenters. The largest absolute Gasteiger partial charge is 0.444 e. The SMILES string of the molecule is Cc1nc(CN2CCC[C@@H]2CN(C)C(=O)OC(C)(C)C)no1. The Balaban J connectivity index is 1.89. The van der Waals surface area contributed by atoms with Crippen molar-refractivity contribution in [3.8, 4) is 0 Å². The molecule has 1 atom stereocenters. The van der Waals surface area contributed by atoms with Gasteiger partial charge in [-0.3, -0.25) is 4.90 Å². The maximum atomic E-state index is 12.1. The molecule has 1 amide bonds. The molecule has 0 spiro atoms. The van der Waals surface area contributed by atoms with Gasteiger partial charge in [0.25, 0.3) is 0 Å². The maximum absolute atomic E-state index is 12.1. The summed E-state index contributed by atoms with van der Waals surface area (Å²) in [5.74, 6) is 1.28. The molecule has 1 aromatic heterocycles. The number of hydrogen-bond acceptors (Lipinski definition) is 6. The van der Waals surface area contributed by atoms with E-state index in [0.29, 0.717) is 30.8 Å². The molecule has 2 rings (SSSR count). The summed E-state index contributed by atoms with van der Waals surface area (Å²) in [6.07, 6.45) is 1.89. The number of aromatic nitrogens is 2. The average Bonchev–Trinajstić information content (AvgIpc) is 2.98. The van der Waals surface area contributed by atoms with Crippen LogP contribution in [-0.2, 0) is 11.3 Å². The van der Waals surface area contributed by atoms with E-state index in [2.05, 4.69) is 15.0 Å².